The van der Waals surface area contributed by atoms with Gasteiger partial charge < -0.3 is 5.32 Å². The van der Waals surface area contributed by atoms with Crippen molar-refractivity contribution in [3.63, 3.8) is 0 Å². The Morgan fingerprint density at radius 1 is 1.14 bits per heavy atom. The fourth-order valence-electron chi connectivity index (χ4n) is 2.00. The number of nitrogens with one attached hydrogen (secondary N) is 1. The van der Waals surface area contributed by atoms with Gasteiger partial charge in [0.2, 0.25) is 0 Å². The van der Waals surface area contributed by atoms with E-state index in [0.717, 1.165) is 11.3 Å². The van der Waals surface area contributed by atoms with Gasteiger partial charge in [0.25, 0.3) is 5.69 Å². The molecule has 0 aliphatic carbocycles. The van der Waals surface area contributed by atoms with Crippen LogP contribution in [-0.2, 0) is 5.75 Å². The number of aryl methyl sites for hydroxylation is 2. The molecular weight excluding hydrogens is 284 g/mol. The van der Waals surface area contributed by atoms with E-state index in [4.69, 9.17) is 0 Å². The number of anilines is 1. The van der Waals surface area contributed by atoms with Crippen molar-refractivity contribution in [2.75, 3.05) is 12.4 Å². The summed E-state index contributed by atoms with van der Waals surface area (Å²) in [4.78, 5) is 11.7. The van der Waals surface area contributed by atoms with Crippen LogP contribution in [0.25, 0.3) is 0 Å². The normalized spacial score (nSPS) is 10.4. The molecule has 0 saturated carbocycles. The van der Waals surface area contributed by atoms with Gasteiger partial charge in [-0.25, -0.2) is 0 Å². The molecule has 2 rings (SSSR count). The van der Waals surface area contributed by atoms with Crippen molar-refractivity contribution in [2.45, 2.75) is 24.5 Å². The van der Waals surface area contributed by atoms with Gasteiger partial charge in [0, 0.05) is 23.8 Å². The van der Waals surface area contributed by atoms with Crippen LogP contribution in [0.1, 0.15) is 16.7 Å². The summed E-state index contributed by atoms with van der Waals surface area (Å²) in [6.07, 6.45) is 0. The molecule has 1 N–H and O–H groups in total. The molecule has 0 atom stereocenters. The van der Waals surface area contributed by atoms with Crippen molar-refractivity contribution in [2.24, 2.45) is 0 Å². The maximum Gasteiger partial charge on any atom is 0.292 e. The van der Waals surface area contributed by atoms with Crippen LogP contribution in [0.3, 0.4) is 0 Å². The molecule has 0 aromatic heterocycles. The van der Waals surface area contributed by atoms with Crippen molar-refractivity contribution >= 4 is 23.1 Å². The number of nitro groups is 1. The predicted octanol–water partition coefficient (Wildman–Crippen LogP) is 4.55. The predicted molar refractivity (Wildman–Crippen MR) is 88.1 cm³/mol. The topological polar surface area (TPSA) is 55.2 Å². The molecule has 21 heavy (non-hydrogen) atoms. The maximum atomic E-state index is 10.9. The molecule has 2 aromatic rings. The van der Waals surface area contributed by atoms with Gasteiger partial charge in [0.1, 0.15) is 5.69 Å². The third-order valence-corrected chi connectivity index (χ3v) is 4.48. The monoisotopic (exact) mass is 302 g/mol. The standard InChI is InChI=1S/C16H18N2O2S/c1-11-4-6-14(8-12(11)2)21-10-13-5-7-16(18(19)20)15(9-13)17-3/h4-9,17H,10H2,1-3H3. The molecule has 5 heteroatoms. The van der Waals surface area contributed by atoms with Crippen LogP contribution >= 0.6 is 11.8 Å². The minimum Gasteiger partial charge on any atom is -0.383 e. The summed E-state index contributed by atoms with van der Waals surface area (Å²) in [5.74, 6) is 0.787. The van der Waals surface area contributed by atoms with Crippen LogP contribution in [0.4, 0.5) is 11.4 Å². The van der Waals surface area contributed by atoms with Gasteiger partial charge in [-0.3, -0.25) is 10.1 Å². The number of hydrogen-bond acceptors (Lipinski definition) is 4. The van der Waals surface area contributed by atoms with E-state index in [-0.39, 0.29) is 10.6 Å². The van der Waals surface area contributed by atoms with Crippen LogP contribution in [0, 0.1) is 24.0 Å². The number of thioether (sulfide) groups is 1. The average Bonchev–Trinajstić information content (AvgIpc) is 2.48. The Bertz CT molecular complexity index is 671. The van der Waals surface area contributed by atoms with Crippen LogP contribution in [0.2, 0.25) is 0 Å². The van der Waals surface area contributed by atoms with Crippen LogP contribution in [0.5, 0.6) is 0 Å². The molecule has 0 fully saturated rings. The highest BCUT2D eigenvalue weighted by atomic mass is 32.2. The first-order chi connectivity index (χ1) is 10.0. The van der Waals surface area contributed by atoms with Crippen LogP contribution in [0.15, 0.2) is 41.3 Å². The van der Waals surface area contributed by atoms with E-state index in [0.29, 0.717) is 5.69 Å². The maximum absolute atomic E-state index is 10.9. The second-order valence-corrected chi connectivity index (χ2v) is 5.94. The van der Waals surface area contributed by atoms with Crippen molar-refractivity contribution in [3.8, 4) is 0 Å². The second kappa shape index (κ2) is 6.63. The summed E-state index contributed by atoms with van der Waals surface area (Å²) in [5, 5.41) is 13.8. The summed E-state index contributed by atoms with van der Waals surface area (Å²) in [6, 6.07) is 11.6. The number of benzene rings is 2. The minimum atomic E-state index is -0.369. The van der Waals surface area contributed by atoms with Crippen LogP contribution < -0.4 is 5.32 Å². The fourth-order valence-corrected chi connectivity index (χ4v) is 2.94. The summed E-state index contributed by atoms with van der Waals surface area (Å²) in [6.45, 7) is 4.20. The van der Waals surface area contributed by atoms with Crippen LogP contribution in [-0.4, -0.2) is 12.0 Å². The van der Waals surface area contributed by atoms with Crippen molar-refractivity contribution in [1.82, 2.24) is 0 Å². The molecule has 0 saturated heterocycles. The van der Waals surface area contributed by atoms with E-state index in [1.165, 1.54) is 16.0 Å². The minimum absolute atomic E-state index is 0.109. The fraction of sp³-hybridized carbons (Fsp3) is 0.250. The second-order valence-electron chi connectivity index (χ2n) is 4.89. The van der Waals surface area contributed by atoms with Gasteiger partial charge in [-0.1, -0.05) is 12.1 Å². The summed E-state index contributed by atoms with van der Waals surface area (Å²) in [7, 11) is 1.70. The van der Waals surface area contributed by atoms with Gasteiger partial charge >= 0.3 is 0 Å². The number of nitrogens with zero attached hydrogens (tertiary/aromatic N) is 1. The SMILES string of the molecule is CNc1cc(CSc2ccc(C)c(C)c2)ccc1[N+](=O)[O-]. The molecular formula is C16H18N2O2S. The van der Waals surface area contributed by atoms with Crippen molar-refractivity contribution < 1.29 is 4.92 Å². The summed E-state index contributed by atoms with van der Waals surface area (Å²) >= 11 is 1.73. The molecule has 0 amide bonds. The molecule has 4 nitrogen and oxygen atoms in total. The molecule has 0 radical (unpaired) electrons. The third-order valence-electron chi connectivity index (χ3n) is 3.41. The van der Waals surface area contributed by atoms with Gasteiger partial charge in [-0.2, -0.15) is 0 Å². The molecule has 0 bridgehead atoms. The quantitative estimate of drug-likeness (QED) is 0.500. The molecule has 110 valence electrons. The summed E-state index contributed by atoms with van der Waals surface area (Å²) < 4.78 is 0. The number of nitro benzene ring substituents is 1. The first-order valence-corrected chi connectivity index (χ1v) is 7.65. The van der Waals surface area contributed by atoms with E-state index in [2.05, 4.69) is 37.4 Å². The average molecular weight is 302 g/mol. The first-order valence-electron chi connectivity index (χ1n) is 6.66. The van der Waals surface area contributed by atoms with Gasteiger partial charge in [-0.05, 0) is 48.7 Å². The Labute approximate surface area is 128 Å². The summed E-state index contributed by atoms with van der Waals surface area (Å²) in [5.41, 5.74) is 4.29. The Morgan fingerprint density at radius 3 is 2.52 bits per heavy atom. The zero-order chi connectivity index (χ0) is 15.4. The highest BCUT2D eigenvalue weighted by molar-refractivity contribution is 7.98. The Balaban J connectivity index is 2.13. The van der Waals surface area contributed by atoms with Crippen molar-refractivity contribution in [3.05, 3.63) is 63.2 Å². The lowest BCUT2D eigenvalue weighted by atomic mass is 10.1. The zero-order valence-electron chi connectivity index (χ0n) is 12.3. The van der Waals surface area contributed by atoms with Gasteiger partial charge in [0.05, 0.1) is 4.92 Å². The Morgan fingerprint density at radius 2 is 1.90 bits per heavy atom. The highest BCUT2D eigenvalue weighted by Crippen LogP contribution is 2.29. The van der Waals surface area contributed by atoms with Gasteiger partial charge in [-0.15, -0.1) is 11.8 Å². The lowest BCUT2D eigenvalue weighted by Gasteiger charge is -2.07. The molecule has 0 spiro atoms. The highest BCUT2D eigenvalue weighted by Gasteiger charge is 2.12. The number of rotatable bonds is 5. The lowest BCUT2D eigenvalue weighted by molar-refractivity contribution is -0.383. The molecule has 0 unspecified atom stereocenters. The largest absolute Gasteiger partial charge is 0.383 e. The van der Waals surface area contributed by atoms with Crippen molar-refractivity contribution in [1.29, 1.82) is 0 Å². The van der Waals surface area contributed by atoms with E-state index >= 15 is 0 Å². The van der Waals surface area contributed by atoms with E-state index in [1.807, 2.05) is 12.1 Å². The molecule has 0 heterocycles. The Kier molecular flexibility index (Phi) is 4.85. The molecule has 2 aromatic carbocycles. The number of hydrogen-bond donors (Lipinski definition) is 1. The lowest BCUT2D eigenvalue weighted by Crippen LogP contribution is -1.97. The zero-order valence-corrected chi connectivity index (χ0v) is 13.2. The Hall–Kier alpha value is -2.01. The molecule has 0 aliphatic heterocycles. The van der Waals surface area contributed by atoms with E-state index in [9.17, 15) is 10.1 Å². The van der Waals surface area contributed by atoms with E-state index < -0.39 is 0 Å². The smallest absolute Gasteiger partial charge is 0.292 e. The molecule has 0 aliphatic rings. The van der Waals surface area contributed by atoms with E-state index in [1.54, 1.807) is 24.9 Å². The van der Waals surface area contributed by atoms with Gasteiger partial charge in [0.15, 0.2) is 0 Å². The first kappa shape index (κ1) is 15.4. The third kappa shape index (κ3) is 3.76.